The van der Waals surface area contributed by atoms with E-state index in [4.69, 9.17) is 0 Å². The molecule has 0 aromatic carbocycles. The van der Waals surface area contributed by atoms with Crippen LogP contribution in [0.1, 0.15) is 85.5 Å². The van der Waals surface area contributed by atoms with Gasteiger partial charge in [0.05, 0.1) is 10.8 Å². The van der Waals surface area contributed by atoms with Gasteiger partial charge in [-0.3, -0.25) is 9.59 Å². The predicted octanol–water partition coefficient (Wildman–Crippen LogP) is 4.96. The molecule has 1 rings (SSSR count). The summed E-state index contributed by atoms with van der Waals surface area (Å²) in [5, 5.41) is 20.0. The average molecular weight is 326 g/mol. The first-order valence-electron chi connectivity index (χ1n) is 9.15. The maximum atomic E-state index is 12.2. The highest BCUT2D eigenvalue weighted by Gasteiger charge is 2.61. The maximum Gasteiger partial charge on any atom is 0.310 e. The summed E-state index contributed by atoms with van der Waals surface area (Å²) in [5.74, 6) is -1.03. The lowest BCUT2D eigenvalue weighted by molar-refractivity contribution is -0.183. The van der Waals surface area contributed by atoms with Crippen molar-refractivity contribution < 1.29 is 19.8 Å². The summed E-state index contributed by atoms with van der Waals surface area (Å²) in [4.78, 5) is 24.5. The zero-order valence-electron chi connectivity index (χ0n) is 15.2. The predicted molar refractivity (Wildman–Crippen MR) is 91.4 cm³/mol. The largest absolute Gasteiger partial charge is 0.481 e. The van der Waals surface area contributed by atoms with E-state index in [0.29, 0.717) is 31.6 Å². The molecule has 0 aliphatic heterocycles. The van der Waals surface area contributed by atoms with Gasteiger partial charge in [-0.25, -0.2) is 0 Å². The van der Waals surface area contributed by atoms with Crippen molar-refractivity contribution in [1.29, 1.82) is 0 Å². The van der Waals surface area contributed by atoms with E-state index in [2.05, 4.69) is 13.8 Å². The Kier molecular flexibility index (Phi) is 7.09. The molecule has 23 heavy (non-hydrogen) atoms. The van der Waals surface area contributed by atoms with Crippen LogP contribution in [0.25, 0.3) is 0 Å². The normalized spacial score (nSPS) is 28.3. The monoisotopic (exact) mass is 326 g/mol. The van der Waals surface area contributed by atoms with Crippen molar-refractivity contribution in [1.82, 2.24) is 0 Å². The number of unbranched alkanes of at least 4 members (excludes halogenated alkanes) is 1. The molecule has 0 spiro atoms. The molecule has 4 heteroatoms. The van der Waals surface area contributed by atoms with Crippen LogP contribution >= 0.6 is 0 Å². The molecule has 0 saturated heterocycles. The molecular weight excluding hydrogens is 292 g/mol. The Labute approximate surface area is 140 Å². The van der Waals surface area contributed by atoms with Crippen LogP contribution < -0.4 is 0 Å². The summed E-state index contributed by atoms with van der Waals surface area (Å²) < 4.78 is 0. The highest BCUT2D eigenvalue weighted by Crippen LogP contribution is 2.57. The lowest BCUT2D eigenvalue weighted by Gasteiger charge is -2.49. The summed E-state index contributed by atoms with van der Waals surface area (Å²) in [6, 6.07) is 0. The topological polar surface area (TPSA) is 74.6 Å². The number of aliphatic carboxylic acids is 2. The zero-order valence-corrected chi connectivity index (χ0v) is 15.2. The number of rotatable bonds is 9. The number of carboxylic acids is 2. The molecule has 2 N–H and O–H groups in total. The third-order valence-corrected chi connectivity index (χ3v) is 5.58. The molecule has 1 fully saturated rings. The van der Waals surface area contributed by atoms with Gasteiger partial charge in [-0.1, -0.05) is 59.8 Å². The van der Waals surface area contributed by atoms with Crippen molar-refractivity contribution in [2.45, 2.75) is 85.5 Å². The van der Waals surface area contributed by atoms with Gasteiger partial charge in [-0.05, 0) is 37.5 Å². The standard InChI is InChI=1S/C19H34O4/c1-14(2)9-5-6-10-18(16(20)21)11-7-8-12-19(18,17(22)23)13-15(3)4/h14-15H,5-13H2,1-4H3,(H,20,21)(H,22,23). The second-order valence-corrected chi connectivity index (χ2v) is 8.22. The van der Waals surface area contributed by atoms with Crippen molar-refractivity contribution in [2.75, 3.05) is 0 Å². The minimum atomic E-state index is -1.11. The Balaban J connectivity index is 3.10. The van der Waals surface area contributed by atoms with Gasteiger partial charge >= 0.3 is 11.9 Å². The molecule has 0 bridgehead atoms. The van der Waals surface area contributed by atoms with Crippen LogP contribution in [-0.2, 0) is 9.59 Å². The molecule has 1 saturated carbocycles. The molecule has 1 aliphatic carbocycles. The van der Waals surface area contributed by atoms with Crippen LogP contribution in [0.5, 0.6) is 0 Å². The van der Waals surface area contributed by atoms with Crippen LogP contribution in [0.2, 0.25) is 0 Å². The van der Waals surface area contributed by atoms with Gasteiger partial charge < -0.3 is 10.2 Å². The fraction of sp³-hybridized carbons (Fsp3) is 0.895. The zero-order chi connectivity index (χ0) is 17.7. The number of carbonyl (C=O) groups is 2. The number of hydrogen-bond acceptors (Lipinski definition) is 2. The van der Waals surface area contributed by atoms with Gasteiger partial charge in [-0.15, -0.1) is 0 Å². The van der Waals surface area contributed by atoms with E-state index in [9.17, 15) is 19.8 Å². The summed E-state index contributed by atoms with van der Waals surface area (Å²) in [7, 11) is 0. The van der Waals surface area contributed by atoms with E-state index >= 15 is 0 Å². The van der Waals surface area contributed by atoms with Crippen LogP contribution in [0.15, 0.2) is 0 Å². The molecule has 0 aromatic heterocycles. The lowest BCUT2D eigenvalue weighted by Crippen LogP contribution is -2.55. The molecule has 4 nitrogen and oxygen atoms in total. The summed E-state index contributed by atoms with van der Waals surface area (Å²) in [5.41, 5.74) is -2.21. The third-order valence-electron chi connectivity index (χ3n) is 5.58. The van der Waals surface area contributed by atoms with Gasteiger partial charge in [0, 0.05) is 0 Å². The van der Waals surface area contributed by atoms with Crippen LogP contribution in [0.3, 0.4) is 0 Å². The summed E-state index contributed by atoms with van der Waals surface area (Å²) in [6.07, 6.45) is 6.44. The van der Waals surface area contributed by atoms with Crippen molar-refractivity contribution in [3.63, 3.8) is 0 Å². The van der Waals surface area contributed by atoms with E-state index < -0.39 is 22.8 Å². The molecule has 0 amide bonds. The van der Waals surface area contributed by atoms with E-state index in [-0.39, 0.29) is 5.92 Å². The second kappa shape index (κ2) is 8.16. The van der Waals surface area contributed by atoms with Crippen molar-refractivity contribution in [3.05, 3.63) is 0 Å². The fourth-order valence-electron chi connectivity index (χ4n) is 4.49. The number of hydrogen-bond donors (Lipinski definition) is 2. The summed E-state index contributed by atoms with van der Waals surface area (Å²) >= 11 is 0. The smallest absolute Gasteiger partial charge is 0.310 e. The minimum Gasteiger partial charge on any atom is -0.481 e. The summed E-state index contributed by atoms with van der Waals surface area (Å²) in [6.45, 7) is 8.30. The lowest BCUT2D eigenvalue weighted by atomic mass is 9.51. The van der Waals surface area contributed by atoms with Gasteiger partial charge in [0.1, 0.15) is 0 Å². The van der Waals surface area contributed by atoms with Gasteiger partial charge in [-0.2, -0.15) is 0 Å². The Morgan fingerprint density at radius 1 is 0.870 bits per heavy atom. The van der Waals surface area contributed by atoms with Crippen LogP contribution in [0, 0.1) is 22.7 Å². The SMILES string of the molecule is CC(C)CCCCC1(C(=O)O)CCCCC1(CC(C)C)C(=O)O. The highest BCUT2D eigenvalue weighted by molar-refractivity contribution is 5.87. The molecule has 0 heterocycles. The van der Waals surface area contributed by atoms with E-state index in [1.54, 1.807) is 0 Å². The average Bonchev–Trinajstić information content (AvgIpc) is 2.43. The molecule has 0 aromatic rings. The Hall–Kier alpha value is -1.06. The van der Waals surface area contributed by atoms with Gasteiger partial charge in [0.25, 0.3) is 0 Å². The van der Waals surface area contributed by atoms with Gasteiger partial charge in [0.2, 0.25) is 0 Å². The molecule has 2 unspecified atom stereocenters. The molecule has 1 aliphatic rings. The van der Waals surface area contributed by atoms with Crippen LogP contribution in [-0.4, -0.2) is 22.2 Å². The quantitative estimate of drug-likeness (QED) is 0.587. The Morgan fingerprint density at radius 2 is 1.39 bits per heavy atom. The minimum absolute atomic E-state index is 0.179. The van der Waals surface area contributed by atoms with Crippen molar-refractivity contribution in [3.8, 4) is 0 Å². The van der Waals surface area contributed by atoms with E-state index in [0.717, 1.165) is 32.1 Å². The fourth-order valence-corrected chi connectivity index (χ4v) is 4.49. The number of carboxylic acid groups (broad SMARTS) is 2. The van der Waals surface area contributed by atoms with E-state index in [1.807, 2.05) is 13.8 Å². The highest BCUT2D eigenvalue weighted by atomic mass is 16.4. The second-order valence-electron chi connectivity index (χ2n) is 8.22. The van der Waals surface area contributed by atoms with Crippen molar-refractivity contribution in [2.24, 2.45) is 22.7 Å². The molecule has 134 valence electrons. The first kappa shape index (κ1) is 20.0. The van der Waals surface area contributed by atoms with E-state index in [1.165, 1.54) is 0 Å². The first-order valence-corrected chi connectivity index (χ1v) is 9.15. The first-order chi connectivity index (χ1) is 10.7. The molecular formula is C19H34O4. The van der Waals surface area contributed by atoms with Crippen LogP contribution in [0.4, 0.5) is 0 Å². The van der Waals surface area contributed by atoms with Gasteiger partial charge in [0.15, 0.2) is 0 Å². The molecule has 0 radical (unpaired) electrons. The Bertz CT molecular complexity index is 416. The molecule has 2 atom stereocenters. The Morgan fingerprint density at radius 3 is 1.83 bits per heavy atom. The third kappa shape index (κ3) is 4.27. The maximum absolute atomic E-state index is 12.2. The van der Waals surface area contributed by atoms with Crippen molar-refractivity contribution >= 4 is 11.9 Å².